The molecule has 1 amide bonds. The van der Waals surface area contributed by atoms with Gasteiger partial charge >= 0.3 is 6.09 Å². The number of nitrogen functional groups attached to an aromatic ring is 1. The van der Waals surface area contributed by atoms with E-state index in [0.29, 0.717) is 37.4 Å². The van der Waals surface area contributed by atoms with Gasteiger partial charge in [-0.2, -0.15) is 0 Å². The number of likely N-dealkylation sites (tertiary alicyclic amines) is 1. The number of aromatic nitrogens is 2. The number of rotatable bonds is 5. The van der Waals surface area contributed by atoms with Gasteiger partial charge in [-0.3, -0.25) is 4.98 Å². The molecule has 0 spiro atoms. The number of carbonyl (C=O) groups is 1. The molecule has 166 valence electrons. The van der Waals surface area contributed by atoms with Crippen LogP contribution in [0.1, 0.15) is 56.7 Å². The summed E-state index contributed by atoms with van der Waals surface area (Å²) < 4.78 is 25.6. The quantitative estimate of drug-likeness (QED) is 0.771. The van der Waals surface area contributed by atoms with Gasteiger partial charge in [-0.05, 0) is 57.2 Å². The summed E-state index contributed by atoms with van der Waals surface area (Å²) in [6, 6.07) is 5.20. The lowest BCUT2D eigenvalue weighted by atomic mass is 9.70. The van der Waals surface area contributed by atoms with Gasteiger partial charge in [-0.15, -0.1) is 0 Å². The molecular weight excluding hydrogens is 399 g/mol. The van der Waals surface area contributed by atoms with E-state index in [1.165, 1.54) is 0 Å². The van der Waals surface area contributed by atoms with Crippen LogP contribution in [-0.4, -0.2) is 46.3 Å². The minimum absolute atomic E-state index is 0.181. The molecule has 2 fully saturated rings. The van der Waals surface area contributed by atoms with Crippen molar-refractivity contribution in [2.45, 2.75) is 51.0 Å². The fourth-order valence-corrected chi connectivity index (χ4v) is 3.94. The van der Waals surface area contributed by atoms with Gasteiger partial charge in [0.25, 0.3) is 0 Å². The Bertz CT molecular complexity index is 933. The lowest BCUT2D eigenvalue weighted by Crippen LogP contribution is -2.53. The topological polar surface area (TPSA) is 90.6 Å². The molecule has 1 saturated carbocycles. The van der Waals surface area contributed by atoms with Gasteiger partial charge in [0, 0.05) is 24.9 Å². The van der Waals surface area contributed by atoms with Crippen LogP contribution in [0.2, 0.25) is 0 Å². The zero-order valence-electron chi connectivity index (χ0n) is 18.2. The van der Waals surface area contributed by atoms with Crippen molar-refractivity contribution in [1.29, 1.82) is 0 Å². The second kappa shape index (κ2) is 8.32. The number of halogens is 1. The van der Waals surface area contributed by atoms with Crippen molar-refractivity contribution in [1.82, 2.24) is 14.9 Å². The van der Waals surface area contributed by atoms with Gasteiger partial charge in [0.1, 0.15) is 11.4 Å². The highest BCUT2D eigenvalue weighted by atomic mass is 19.1. The van der Waals surface area contributed by atoms with Gasteiger partial charge < -0.3 is 20.1 Å². The Kier molecular flexibility index (Phi) is 5.73. The standard InChI is InChI=1S/C23H29FN4O3/c1-23(2,3)31-22(29)28-11-14(12-28)13-30-20-5-4-15(8-18(20)24)16-6-17(7-16)19-9-27-21(25)10-26-19/h4-5,8-10,14,16-17H,6-7,11-13H2,1-3H3,(H2,25,27). The molecule has 7 nitrogen and oxygen atoms in total. The normalized spacial score (nSPS) is 21.2. The maximum absolute atomic E-state index is 14.6. The van der Waals surface area contributed by atoms with Crippen LogP contribution in [0, 0.1) is 11.7 Å². The summed E-state index contributed by atoms with van der Waals surface area (Å²) in [5.74, 6) is 1.14. The van der Waals surface area contributed by atoms with Crippen molar-refractivity contribution < 1.29 is 18.7 Å². The molecule has 1 aliphatic heterocycles. The molecule has 1 aliphatic carbocycles. The third-order valence-corrected chi connectivity index (χ3v) is 5.76. The monoisotopic (exact) mass is 428 g/mol. The van der Waals surface area contributed by atoms with E-state index in [-0.39, 0.29) is 23.6 Å². The molecular formula is C23H29FN4O3. The number of hydrogen-bond acceptors (Lipinski definition) is 6. The highest BCUT2D eigenvalue weighted by Gasteiger charge is 2.35. The highest BCUT2D eigenvalue weighted by molar-refractivity contribution is 5.69. The van der Waals surface area contributed by atoms with Gasteiger partial charge in [-0.1, -0.05) is 6.07 Å². The van der Waals surface area contributed by atoms with E-state index in [1.807, 2.05) is 26.8 Å². The van der Waals surface area contributed by atoms with Crippen LogP contribution in [0.4, 0.5) is 15.0 Å². The van der Waals surface area contributed by atoms with E-state index < -0.39 is 5.60 Å². The van der Waals surface area contributed by atoms with E-state index >= 15 is 0 Å². The second-order valence-electron chi connectivity index (χ2n) is 9.48. The van der Waals surface area contributed by atoms with E-state index in [1.54, 1.807) is 29.4 Å². The Morgan fingerprint density at radius 1 is 1.19 bits per heavy atom. The van der Waals surface area contributed by atoms with E-state index in [2.05, 4.69) is 9.97 Å². The summed E-state index contributed by atoms with van der Waals surface area (Å²) in [5.41, 5.74) is 6.99. The van der Waals surface area contributed by atoms with Crippen molar-refractivity contribution in [3.05, 3.63) is 47.7 Å². The summed E-state index contributed by atoms with van der Waals surface area (Å²) >= 11 is 0. The van der Waals surface area contributed by atoms with Gasteiger partial charge in [0.2, 0.25) is 0 Å². The maximum atomic E-state index is 14.6. The van der Waals surface area contributed by atoms with Crippen LogP contribution < -0.4 is 10.5 Å². The number of ether oxygens (including phenoxy) is 2. The second-order valence-corrected chi connectivity index (χ2v) is 9.48. The van der Waals surface area contributed by atoms with Gasteiger partial charge in [0.05, 0.1) is 24.7 Å². The molecule has 2 aromatic rings. The third kappa shape index (κ3) is 5.06. The van der Waals surface area contributed by atoms with Gasteiger partial charge in [0.15, 0.2) is 11.6 Å². The molecule has 1 saturated heterocycles. The molecule has 4 rings (SSSR count). The van der Waals surface area contributed by atoms with Crippen LogP contribution >= 0.6 is 0 Å². The summed E-state index contributed by atoms with van der Waals surface area (Å²) in [4.78, 5) is 22.0. The van der Waals surface area contributed by atoms with Crippen molar-refractivity contribution in [3.63, 3.8) is 0 Å². The average Bonchev–Trinajstić information content (AvgIpc) is 2.60. The number of hydrogen-bond donors (Lipinski definition) is 1. The first-order chi connectivity index (χ1) is 14.7. The third-order valence-electron chi connectivity index (χ3n) is 5.76. The van der Waals surface area contributed by atoms with Crippen molar-refractivity contribution in [2.75, 3.05) is 25.4 Å². The molecule has 8 heteroatoms. The number of benzene rings is 1. The lowest BCUT2D eigenvalue weighted by Gasteiger charge is -2.39. The van der Waals surface area contributed by atoms with Crippen LogP contribution in [0.5, 0.6) is 5.75 Å². The minimum Gasteiger partial charge on any atom is -0.490 e. The Labute approximate surface area is 181 Å². The molecule has 1 aromatic heterocycles. The first-order valence-electron chi connectivity index (χ1n) is 10.7. The largest absolute Gasteiger partial charge is 0.490 e. The van der Waals surface area contributed by atoms with Crippen LogP contribution in [0.15, 0.2) is 30.6 Å². The average molecular weight is 429 g/mol. The van der Waals surface area contributed by atoms with Crippen LogP contribution in [0.25, 0.3) is 0 Å². The predicted octanol–water partition coefficient (Wildman–Crippen LogP) is 4.10. The number of nitrogens with zero attached hydrogens (tertiary/aromatic N) is 3. The molecule has 0 radical (unpaired) electrons. The molecule has 0 bridgehead atoms. The summed E-state index contributed by atoms with van der Waals surface area (Å²) in [6.07, 6.45) is 4.81. The molecule has 2 N–H and O–H groups in total. The Balaban J connectivity index is 1.23. The van der Waals surface area contributed by atoms with Crippen molar-refractivity contribution in [3.8, 4) is 5.75 Å². The Morgan fingerprint density at radius 2 is 1.94 bits per heavy atom. The summed E-state index contributed by atoms with van der Waals surface area (Å²) in [6.45, 7) is 7.02. The van der Waals surface area contributed by atoms with E-state index in [4.69, 9.17) is 15.2 Å². The van der Waals surface area contributed by atoms with E-state index in [0.717, 1.165) is 24.1 Å². The fourth-order valence-electron chi connectivity index (χ4n) is 3.94. The zero-order chi connectivity index (χ0) is 22.2. The zero-order valence-corrected chi connectivity index (χ0v) is 18.2. The summed E-state index contributed by atoms with van der Waals surface area (Å²) in [5, 5.41) is 0. The first kappa shape index (κ1) is 21.3. The van der Waals surface area contributed by atoms with Crippen LogP contribution in [0.3, 0.4) is 0 Å². The first-order valence-corrected chi connectivity index (χ1v) is 10.7. The Hall–Kier alpha value is -2.90. The maximum Gasteiger partial charge on any atom is 0.410 e. The molecule has 2 aliphatic rings. The molecule has 1 aromatic carbocycles. The molecule has 0 atom stereocenters. The van der Waals surface area contributed by atoms with E-state index in [9.17, 15) is 9.18 Å². The number of carbonyl (C=O) groups excluding carboxylic acids is 1. The number of anilines is 1. The minimum atomic E-state index is -0.507. The lowest BCUT2D eigenvalue weighted by molar-refractivity contribution is -0.00805. The number of nitrogens with two attached hydrogens (primary N) is 1. The van der Waals surface area contributed by atoms with Crippen LogP contribution in [-0.2, 0) is 4.74 Å². The molecule has 0 unspecified atom stereocenters. The highest BCUT2D eigenvalue weighted by Crippen LogP contribution is 2.47. The molecule has 2 heterocycles. The van der Waals surface area contributed by atoms with Gasteiger partial charge in [-0.25, -0.2) is 14.2 Å². The number of amides is 1. The Morgan fingerprint density at radius 3 is 2.55 bits per heavy atom. The van der Waals surface area contributed by atoms with Crippen molar-refractivity contribution >= 4 is 11.9 Å². The van der Waals surface area contributed by atoms with Crippen molar-refractivity contribution in [2.24, 2.45) is 5.92 Å². The predicted molar refractivity (Wildman–Crippen MR) is 114 cm³/mol. The smallest absolute Gasteiger partial charge is 0.410 e. The summed E-state index contributed by atoms with van der Waals surface area (Å²) in [7, 11) is 0. The SMILES string of the molecule is CC(C)(C)OC(=O)N1CC(COc2ccc(C3CC(c4cnc(N)cn4)C3)cc2F)C1. The fraction of sp³-hybridized carbons (Fsp3) is 0.522. The molecule has 31 heavy (non-hydrogen) atoms.